The van der Waals surface area contributed by atoms with Crippen molar-refractivity contribution >= 4 is 29.1 Å². The first-order valence-corrected chi connectivity index (χ1v) is 11.6. The van der Waals surface area contributed by atoms with Crippen LogP contribution in [0.2, 0.25) is 10.0 Å². The quantitative estimate of drug-likeness (QED) is 0.313. The van der Waals surface area contributed by atoms with Crippen LogP contribution in [-0.2, 0) is 6.61 Å². The molecule has 1 heterocycles. The van der Waals surface area contributed by atoms with Crippen LogP contribution >= 0.6 is 23.2 Å². The minimum absolute atomic E-state index is 0.165. The van der Waals surface area contributed by atoms with E-state index in [2.05, 4.69) is 11.4 Å². The van der Waals surface area contributed by atoms with Gasteiger partial charge in [0, 0.05) is 28.8 Å². The molecule has 0 aliphatic heterocycles. The zero-order valence-electron chi connectivity index (χ0n) is 19.1. The Labute approximate surface area is 213 Å². The molecule has 5 nitrogen and oxygen atoms in total. The Kier molecular flexibility index (Phi) is 7.36. The van der Waals surface area contributed by atoms with Crippen LogP contribution in [0.15, 0.2) is 72.8 Å². The highest BCUT2D eigenvalue weighted by molar-refractivity contribution is 6.36. The third kappa shape index (κ3) is 5.46. The van der Waals surface area contributed by atoms with Crippen LogP contribution in [0.5, 0.6) is 5.88 Å². The molecular formula is C28H21Cl2N3O2. The van der Waals surface area contributed by atoms with Gasteiger partial charge in [-0.2, -0.15) is 5.26 Å². The first-order valence-electron chi connectivity index (χ1n) is 10.8. The van der Waals surface area contributed by atoms with Gasteiger partial charge < -0.3 is 10.1 Å². The molecule has 1 amide bonds. The molecule has 1 N–H and O–H groups in total. The summed E-state index contributed by atoms with van der Waals surface area (Å²) in [4.78, 5) is 16.5. The van der Waals surface area contributed by atoms with Crippen molar-refractivity contribution < 1.29 is 9.53 Å². The first-order chi connectivity index (χ1) is 16.9. The summed E-state index contributed by atoms with van der Waals surface area (Å²) >= 11 is 12.7. The summed E-state index contributed by atoms with van der Waals surface area (Å²) in [5, 5.41) is 13.4. The number of ether oxygens (including phenoxy) is 1. The van der Waals surface area contributed by atoms with Crippen molar-refractivity contribution in [1.29, 1.82) is 5.26 Å². The second-order valence-electron chi connectivity index (χ2n) is 7.90. The SMILES string of the molecule is CNC(=O)c1ccc(COc2nc(-c3ccc(Cl)cc3Cl)c(-c3ccc(C)cc3)cc2C#N)cc1. The van der Waals surface area contributed by atoms with Gasteiger partial charge in [-0.1, -0.05) is 65.2 Å². The van der Waals surface area contributed by atoms with Gasteiger partial charge in [-0.15, -0.1) is 0 Å². The zero-order chi connectivity index (χ0) is 24.9. The summed E-state index contributed by atoms with van der Waals surface area (Å²) in [7, 11) is 1.58. The lowest BCUT2D eigenvalue weighted by molar-refractivity contribution is 0.0963. The summed E-state index contributed by atoms with van der Waals surface area (Å²) in [6.45, 7) is 2.19. The van der Waals surface area contributed by atoms with Gasteiger partial charge >= 0.3 is 0 Å². The van der Waals surface area contributed by atoms with Crippen molar-refractivity contribution in [2.75, 3.05) is 7.05 Å². The molecule has 4 rings (SSSR count). The molecular weight excluding hydrogens is 481 g/mol. The van der Waals surface area contributed by atoms with E-state index >= 15 is 0 Å². The lowest BCUT2D eigenvalue weighted by Gasteiger charge is -2.15. The fourth-order valence-electron chi connectivity index (χ4n) is 3.57. The molecule has 0 saturated carbocycles. The molecule has 7 heteroatoms. The predicted octanol–water partition coefficient (Wildman–Crippen LogP) is 6.84. The standard InChI is InChI=1S/C28H21Cl2N3O2/c1-17-3-7-19(8-4-17)24-13-21(15-31)28(33-26(24)23-12-11-22(29)14-25(23)30)35-16-18-5-9-20(10-6-18)27(34)32-2/h3-14H,16H2,1-2H3,(H,32,34). The highest BCUT2D eigenvalue weighted by Gasteiger charge is 2.18. The summed E-state index contributed by atoms with van der Waals surface area (Å²) in [5.41, 5.74) is 5.72. The molecule has 4 aromatic rings. The topological polar surface area (TPSA) is 75.0 Å². The van der Waals surface area contributed by atoms with Crippen LogP contribution in [0.1, 0.15) is 27.0 Å². The van der Waals surface area contributed by atoms with E-state index < -0.39 is 0 Å². The van der Waals surface area contributed by atoms with Gasteiger partial charge in [0.25, 0.3) is 5.91 Å². The number of hydrogen-bond acceptors (Lipinski definition) is 4. The molecule has 0 fully saturated rings. The van der Waals surface area contributed by atoms with Crippen LogP contribution in [0.3, 0.4) is 0 Å². The first kappa shape index (κ1) is 24.3. The lowest BCUT2D eigenvalue weighted by Crippen LogP contribution is -2.17. The fourth-order valence-corrected chi connectivity index (χ4v) is 4.07. The number of carbonyl (C=O) groups is 1. The monoisotopic (exact) mass is 501 g/mol. The van der Waals surface area contributed by atoms with E-state index in [4.69, 9.17) is 32.9 Å². The molecule has 0 bridgehead atoms. The fraction of sp³-hybridized carbons (Fsp3) is 0.107. The summed E-state index contributed by atoms with van der Waals surface area (Å²) in [6, 6.07) is 24.2. The minimum Gasteiger partial charge on any atom is -0.472 e. The smallest absolute Gasteiger partial charge is 0.251 e. The van der Waals surface area contributed by atoms with E-state index in [1.54, 1.807) is 55.6 Å². The number of pyridine rings is 1. The van der Waals surface area contributed by atoms with Crippen LogP contribution in [0.4, 0.5) is 0 Å². The average Bonchev–Trinajstić information content (AvgIpc) is 2.87. The largest absolute Gasteiger partial charge is 0.472 e. The van der Waals surface area contributed by atoms with Gasteiger partial charge in [0.1, 0.15) is 18.2 Å². The number of halogens is 2. The number of carbonyl (C=O) groups excluding carboxylic acids is 1. The highest BCUT2D eigenvalue weighted by atomic mass is 35.5. The van der Waals surface area contributed by atoms with Crippen LogP contribution in [0.25, 0.3) is 22.4 Å². The number of amides is 1. The predicted molar refractivity (Wildman–Crippen MR) is 139 cm³/mol. The van der Waals surface area contributed by atoms with Crippen LogP contribution in [0, 0.1) is 18.3 Å². The van der Waals surface area contributed by atoms with E-state index in [1.165, 1.54) is 0 Å². The number of nitriles is 1. The maximum absolute atomic E-state index is 11.8. The lowest BCUT2D eigenvalue weighted by atomic mass is 9.97. The van der Waals surface area contributed by atoms with Gasteiger partial charge in [0.05, 0.1) is 10.7 Å². The van der Waals surface area contributed by atoms with Crippen molar-refractivity contribution in [3.05, 3.63) is 105 Å². The Hall–Kier alpha value is -3.85. The van der Waals surface area contributed by atoms with Crippen LogP contribution in [-0.4, -0.2) is 17.9 Å². The normalized spacial score (nSPS) is 10.5. The van der Waals surface area contributed by atoms with E-state index in [-0.39, 0.29) is 18.4 Å². The van der Waals surface area contributed by atoms with Crippen molar-refractivity contribution in [2.24, 2.45) is 0 Å². The molecule has 0 aliphatic carbocycles. The number of rotatable bonds is 6. The van der Waals surface area contributed by atoms with E-state index in [9.17, 15) is 10.1 Å². The number of nitrogens with zero attached hydrogens (tertiary/aromatic N) is 2. The Balaban J connectivity index is 1.76. The Morgan fingerprint density at radius 3 is 2.34 bits per heavy atom. The number of nitrogens with one attached hydrogen (secondary N) is 1. The van der Waals surface area contributed by atoms with E-state index in [0.717, 1.165) is 22.3 Å². The van der Waals surface area contributed by atoms with Gasteiger partial charge in [0.15, 0.2) is 0 Å². The second kappa shape index (κ2) is 10.6. The Morgan fingerprint density at radius 2 is 1.71 bits per heavy atom. The molecule has 35 heavy (non-hydrogen) atoms. The summed E-state index contributed by atoms with van der Waals surface area (Å²) < 4.78 is 5.97. The molecule has 0 radical (unpaired) electrons. The number of aryl methyl sites for hydroxylation is 1. The molecule has 0 saturated heterocycles. The average molecular weight is 502 g/mol. The molecule has 0 aliphatic rings. The molecule has 0 spiro atoms. The Bertz CT molecular complexity index is 1430. The molecule has 174 valence electrons. The van der Waals surface area contributed by atoms with Gasteiger partial charge in [-0.25, -0.2) is 4.98 Å². The zero-order valence-corrected chi connectivity index (χ0v) is 20.6. The van der Waals surface area contributed by atoms with Gasteiger partial charge in [-0.05, 0) is 54.4 Å². The third-order valence-electron chi connectivity index (χ3n) is 5.48. The summed E-state index contributed by atoms with van der Waals surface area (Å²) in [6.07, 6.45) is 0. The molecule has 1 aromatic heterocycles. The molecule has 0 unspecified atom stereocenters. The van der Waals surface area contributed by atoms with Crippen molar-refractivity contribution in [3.8, 4) is 34.3 Å². The maximum atomic E-state index is 11.8. The number of hydrogen-bond donors (Lipinski definition) is 1. The van der Waals surface area contributed by atoms with Gasteiger partial charge in [-0.3, -0.25) is 4.79 Å². The molecule has 3 aromatic carbocycles. The molecule has 0 atom stereocenters. The highest BCUT2D eigenvalue weighted by Crippen LogP contribution is 2.38. The maximum Gasteiger partial charge on any atom is 0.251 e. The van der Waals surface area contributed by atoms with Gasteiger partial charge in [0.2, 0.25) is 5.88 Å². The van der Waals surface area contributed by atoms with E-state index in [0.29, 0.717) is 32.4 Å². The Morgan fingerprint density at radius 1 is 1.00 bits per heavy atom. The summed E-state index contributed by atoms with van der Waals surface area (Å²) in [5.74, 6) is 0.0295. The number of benzene rings is 3. The van der Waals surface area contributed by atoms with E-state index in [1.807, 2.05) is 31.2 Å². The van der Waals surface area contributed by atoms with Crippen molar-refractivity contribution in [2.45, 2.75) is 13.5 Å². The van der Waals surface area contributed by atoms with Crippen LogP contribution < -0.4 is 10.1 Å². The van der Waals surface area contributed by atoms with Crippen molar-refractivity contribution in [1.82, 2.24) is 10.3 Å². The second-order valence-corrected chi connectivity index (χ2v) is 8.75. The number of aromatic nitrogens is 1. The van der Waals surface area contributed by atoms with Crippen molar-refractivity contribution in [3.63, 3.8) is 0 Å². The minimum atomic E-state index is -0.165. The third-order valence-corrected chi connectivity index (χ3v) is 6.02.